The number of halogens is 9. The topological polar surface area (TPSA) is 9.23 Å². The fraction of sp³-hybridized carbons (Fsp3) is 0.111. The van der Waals surface area contributed by atoms with Crippen molar-refractivity contribution in [2.24, 2.45) is 0 Å². The zero-order valence-electron chi connectivity index (χ0n) is 19.2. The van der Waals surface area contributed by atoms with Crippen molar-refractivity contribution in [1.29, 1.82) is 0 Å². The molecule has 0 N–H and O–H groups in total. The SMILES string of the molecule is Cc1c(F)cc(OF)cc1F.Cc1ccc(-c2cc(F)c(-c3cc(F)c(CF)c(F)c3)c(F)c2)c(F)c1. The van der Waals surface area contributed by atoms with Crippen molar-refractivity contribution in [1.82, 2.24) is 0 Å². The summed E-state index contributed by atoms with van der Waals surface area (Å²) in [6.45, 7) is 1.54. The molecule has 0 bridgehead atoms. The molecular formula is C27H17F9O. The second kappa shape index (κ2) is 11.4. The first-order chi connectivity index (χ1) is 17.5. The number of benzene rings is 4. The average Bonchev–Trinajstić information content (AvgIpc) is 2.82. The standard InChI is InChI=1S/C20H12F6.C7H5F3O/c1-10-2-3-13(15(22)4-10)11-5-18(25)20(19(26)6-11)12-7-16(23)14(9-21)17(24)8-12;1-4-6(8)2-5(11-10)3-7(4)9/h2-8H,9H2,1H3;2-3H,1H3. The Balaban J connectivity index is 0.000000289. The molecule has 0 fully saturated rings. The Morgan fingerprint density at radius 2 is 1.11 bits per heavy atom. The predicted octanol–water partition coefficient (Wildman–Crippen LogP) is 9.03. The van der Waals surface area contributed by atoms with Crippen LogP contribution in [0.15, 0.2) is 54.6 Å². The minimum absolute atomic E-state index is 0.00918. The van der Waals surface area contributed by atoms with E-state index in [2.05, 4.69) is 4.94 Å². The van der Waals surface area contributed by atoms with Crippen LogP contribution in [0, 0.1) is 54.6 Å². The van der Waals surface area contributed by atoms with Gasteiger partial charge in [-0.15, -0.1) is 0 Å². The molecule has 4 aromatic carbocycles. The first kappa shape index (κ1) is 27.6. The van der Waals surface area contributed by atoms with E-state index in [0.29, 0.717) is 17.7 Å². The van der Waals surface area contributed by atoms with Gasteiger partial charge in [-0.25, -0.2) is 35.1 Å². The Morgan fingerprint density at radius 1 is 0.595 bits per heavy atom. The van der Waals surface area contributed by atoms with Crippen molar-refractivity contribution in [3.63, 3.8) is 0 Å². The molecule has 0 aliphatic carbocycles. The maximum absolute atomic E-state index is 14.5. The zero-order chi connectivity index (χ0) is 27.4. The summed E-state index contributed by atoms with van der Waals surface area (Å²) >= 11 is 0. The number of alkyl halides is 1. The lowest BCUT2D eigenvalue weighted by molar-refractivity contribution is -0.00694. The van der Waals surface area contributed by atoms with Crippen LogP contribution in [0.5, 0.6) is 5.75 Å². The summed E-state index contributed by atoms with van der Waals surface area (Å²) in [5.74, 6) is -7.48. The normalized spacial score (nSPS) is 10.7. The zero-order valence-corrected chi connectivity index (χ0v) is 19.2. The molecule has 194 valence electrons. The van der Waals surface area contributed by atoms with Gasteiger partial charge in [0, 0.05) is 27.8 Å². The van der Waals surface area contributed by atoms with Crippen molar-refractivity contribution in [3.8, 4) is 28.0 Å². The largest absolute Gasteiger partial charge is 0.294 e. The molecule has 4 aromatic rings. The van der Waals surface area contributed by atoms with E-state index in [1.807, 2.05) is 0 Å². The predicted molar refractivity (Wildman–Crippen MR) is 119 cm³/mol. The molecule has 0 aromatic heterocycles. The van der Waals surface area contributed by atoms with E-state index in [1.54, 1.807) is 13.0 Å². The second-order valence-corrected chi connectivity index (χ2v) is 7.94. The Morgan fingerprint density at radius 3 is 1.57 bits per heavy atom. The van der Waals surface area contributed by atoms with Gasteiger partial charge in [-0.3, -0.25) is 4.94 Å². The van der Waals surface area contributed by atoms with Gasteiger partial charge in [0.1, 0.15) is 47.4 Å². The van der Waals surface area contributed by atoms with Crippen LogP contribution in [-0.2, 0) is 6.67 Å². The highest BCUT2D eigenvalue weighted by atomic mass is 19.3. The van der Waals surface area contributed by atoms with Crippen LogP contribution in [0.1, 0.15) is 16.7 Å². The Labute approximate surface area is 205 Å². The first-order valence-corrected chi connectivity index (χ1v) is 10.5. The van der Waals surface area contributed by atoms with E-state index in [0.717, 1.165) is 24.3 Å². The summed E-state index contributed by atoms with van der Waals surface area (Å²) in [5.41, 5.74) is -1.47. The van der Waals surface area contributed by atoms with Gasteiger partial charge >= 0.3 is 0 Å². The van der Waals surface area contributed by atoms with Crippen LogP contribution in [0.3, 0.4) is 0 Å². The highest BCUT2D eigenvalue weighted by Crippen LogP contribution is 2.34. The smallest absolute Gasteiger partial charge is 0.177 e. The second-order valence-electron chi connectivity index (χ2n) is 7.94. The van der Waals surface area contributed by atoms with Crippen molar-refractivity contribution < 1.29 is 44.6 Å². The van der Waals surface area contributed by atoms with Gasteiger partial charge in [0.25, 0.3) is 0 Å². The molecule has 0 radical (unpaired) electrons. The fourth-order valence-corrected chi connectivity index (χ4v) is 3.40. The van der Waals surface area contributed by atoms with Gasteiger partial charge < -0.3 is 0 Å². The van der Waals surface area contributed by atoms with Crippen LogP contribution in [0.4, 0.5) is 39.6 Å². The van der Waals surface area contributed by atoms with Gasteiger partial charge in [0.2, 0.25) is 0 Å². The van der Waals surface area contributed by atoms with E-state index in [1.165, 1.54) is 19.1 Å². The molecule has 37 heavy (non-hydrogen) atoms. The lowest BCUT2D eigenvalue weighted by Crippen LogP contribution is -1.98. The van der Waals surface area contributed by atoms with E-state index in [4.69, 9.17) is 0 Å². The molecule has 1 nitrogen and oxygen atoms in total. The molecule has 0 atom stereocenters. The summed E-state index contributed by atoms with van der Waals surface area (Å²) < 4.78 is 119. The molecule has 10 heteroatoms. The Hall–Kier alpha value is -3.95. The molecule has 0 spiro atoms. The van der Waals surface area contributed by atoms with Gasteiger partial charge in [0.15, 0.2) is 5.75 Å². The van der Waals surface area contributed by atoms with E-state index in [9.17, 15) is 39.6 Å². The van der Waals surface area contributed by atoms with Gasteiger partial charge in [-0.2, -0.15) is 0 Å². The highest BCUT2D eigenvalue weighted by Gasteiger charge is 2.19. The van der Waals surface area contributed by atoms with Crippen LogP contribution >= 0.6 is 0 Å². The van der Waals surface area contributed by atoms with Gasteiger partial charge in [-0.1, -0.05) is 12.1 Å². The van der Waals surface area contributed by atoms with Gasteiger partial charge in [0.05, 0.1) is 11.1 Å². The van der Waals surface area contributed by atoms with Crippen LogP contribution in [0.25, 0.3) is 22.3 Å². The minimum atomic E-state index is -1.38. The molecule has 0 aliphatic heterocycles. The minimum Gasteiger partial charge on any atom is -0.294 e. The summed E-state index contributed by atoms with van der Waals surface area (Å²) in [6, 6.07) is 8.82. The third-order valence-electron chi connectivity index (χ3n) is 5.38. The third kappa shape index (κ3) is 6.07. The van der Waals surface area contributed by atoms with Crippen molar-refractivity contribution >= 4 is 0 Å². The van der Waals surface area contributed by atoms with Crippen LogP contribution in [-0.4, -0.2) is 0 Å². The Bertz CT molecular complexity index is 1380. The summed E-state index contributed by atoms with van der Waals surface area (Å²) in [6.07, 6.45) is 0. The van der Waals surface area contributed by atoms with E-state index < -0.39 is 69.8 Å². The average molecular weight is 528 g/mol. The molecule has 0 saturated carbocycles. The third-order valence-corrected chi connectivity index (χ3v) is 5.38. The Kier molecular flexibility index (Phi) is 8.52. The maximum atomic E-state index is 14.5. The first-order valence-electron chi connectivity index (χ1n) is 10.5. The summed E-state index contributed by atoms with van der Waals surface area (Å²) in [7, 11) is 0. The summed E-state index contributed by atoms with van der Waals surface area (Å²) in [5, 5.41) is 0. The molecule has 0 aliphatic rings. The fourth-order valence-electron chi connectivity index (χ4n) is 3.40. The molecular weight excluding hydrogens is 511 g/mol. The highest BCUT2D eigenvalue weighted by molar-refractivity contribution is 5.72. The van der Waals surface area contributed by atoms with Gasteiger partial charge in [-0.05, 0) is 60.9 Å². The molecule has 0 heterocycles. The van der Waals surface area contributed by atoms with E-state index >= 15 is 0 Å². The number of aryl methyl sites for hydroxylation is 1. The van der Waals surface area contributed by atoms with Crippen LogP contribution in [0.2, 0.25) is 0 Å². The van der Waals surface area contributed by atoms with E-state index in [-0.39, 0.29) is 16.7 Å². The van der Waals surface area contributed by atoms with Crippen molar-refractivity contribution in [2.45, 2.75) is 20.5 Å². The molecule has 0 saturated heterocycles. The summed E-state index contributed by atoms with van der Waals surface area (Å²) in [4.78, 5) is 3.15. The number of rotatable bonds is 4. The molecule has 0 unspecified atom stereocenters. The lowest BCUT2D eigenvalue weighted by atomic mass is 9.97. The molecule has 0 amide bonds. The molecule has 4 rings (SSSR count). The van der Waals surface area contributed by atoms with Crippen molar-refractivity contribution in [2.75, 3.05) is 0 Å². The number of hydrogen-bond acceptors (Lipinski definition) is 1. The number of hydrogen-bond donors (Lipinski definition) is 0. The quantitative estimate of drug-likeness (QED) is 0.240. The van der Waals surface area contributed by atoms with Crippen molar-refractivity contribution in [3.05, 3.63) is 112 Å². The maximum Gasteiger partial charge on any atom is 0.177 e. The lowest BCUT2D eigenvalue weighted by Gasteiger charge is -2.11. The van der Waals surface area contributed by atoms with Crippen LogP contribution < -0.4 is 4.94 Å². The monoisotopic (exact) mass is 528 g/mol.